The summed E-state index contributed by atoms with van der Waals surface area (Å²) in [6.07, 6.45) is 4.71. The van der Waals surface area contributed by atoms with Crippen LogP contribution in [-0.4, -0.2) is 63.0 Å². The number of halogens is 3. The van der Waals surface area contributed by atoms with Crippen molar-refractivity contribution in [1.82, 2.24) is 24.3 Å². The number of anilines is 1. The molecule has 1 aliphatic heterocycles. The van der Waals surface area contributed by atoms with Gasteiger partial charge >= 0.3 is 0 Å². The second kappa shape index (κ2) is 11.5. The first kappa shape index (κ1) is 27.8. The molecule has 6 rings (SSSR count). The first-order valence-corrected chi connectivity index (χ1v) is 13.9. The molecule has 0 unspecified atom stereocenters. The van der Waals surface area contributed by atoms with E-state index in [9.17, 15) is 18.0 Å². The third-order valence-corrected chi connectivity index (χ3v) is 7.90. The number of hydrogen-bond donors (Lipinski definition) is 1. The van der Waals surface area contributed by atoms with Crippen molar-refractivity contribution in [2.75, 3.05) is 32.4 Å². The highest BCUT2D eigenvalue weighted by Crippen LogP contribution is 2.44. The summed E-state index contributed by atoms with van der Waals surface area (Å²) in [4.78, 5) is 25.3. The van der Waals surface area contributed by atoms with Crippen LogP contribution in [0, 0.1) is 5.82 Å². The normalized spacial score (nSPS) is 17.3. The number of nitrogen functional groups attached to an aromatic ring is 1. The van der Waals surface area contributed by atoms with E-state index in [0.717, 1.165) is 0 Å². The van der Waals surface area contributed by atoms with Gasteiger partial charge in [0.1, 0.15) is 35.1 Å². The summed E-state index contributed by atoms with van der Waals surface area (Å²) in [7, 11) is 2.04. The lowest BCUT2D eigenvalue weighted by atomic mass is 10.0. The first-order valence-electron chi connectivity index (χ1n) is 13.9. The summed E-state index contributed by atoms with van der Waals surface area (Å²) in [5, 5.41) is 0.333. The summed E-state index contributed by atoms with van der Waals surface area (Å²) < 4.78 is 50.6. The Hall–Kier alpha value is -4.38. The molecule has 0 bridgehead atoms. The molecule has 2 aliphatic rings. The maximum atomic E-state index is 14.9. The van der Waals surface area contributed by atoms with Crippen LogP contribution in [0.4, 0.5) is 19.0 Å². The van der Waals surface area contributed by atoms with Crippen molar-refractivity contribution in [2.24, 2.45) is 0 Å². The third kappa shape index (κ3) is 5.56. The fourth-order valence-electron chi connectivity index (χ4n) is 5.65. The lowest BCUT2D eigenvalue weighted by Crippen LogP contribution is -2.28. The fourth-order valence-corrected chi connectivity index (χ4v) is 5.65. The molecule has 3 heterocycles. The number of benzene rings is 2. The van der Waals surface area contributed by atoms with E-state index in [1.807, 2.05) is 13.1 Å². The van der Waals surface area contributed by atoms with Gasteiger partial charge in [-0.1, -0.05) is 24.3 Å². The predicted molar refractivity (Wildman–Crippen MR) is 154 cm³/mol. The zero-order valence-electron chi connectivity index (χ0n) is 23.1. The standard InChI is InChI=1S/C31H31F3N6O2/c1-38(21-9-10-21)14-3-6-25(41)39-15-13-22(17-39)40-28(29(33)34)26(27-30(35)36-18-37-31(27)40)19-7-11-23(12-8-19)42-24-5-2-4-20(32)16-24/h2-8,11-12,16,18,21-22,29H,9-10,13-15,17H2,1H3,(H2,35,36,37)/b6-3+/t22-/m1/s1. The Morgan fingerprint density at radius 3 is 2.64 bits per heavy atom. The van der Waals surface area contributed by atoms with Crippen LogP contribution in [-0.2, 0) is 4.79 Å². The van der Waals surface area contributed by atoms with Crippen LogP contribution in [0.3, 0.4) is 0 Å². The summed E-state index contributed by atoms with van der Waals surface area (Å²) in [5.41, 5.74) is 7.05. The number of likely N-dealkylation sites (tertiary alicyclic amines) is 1. The summed E-state index contributed by atoms with van der Waals surface area (Å²) in [5.74, 6) is 0.246. The van der Waals surface area contributed by atoms with Gasteiger partial charge in [0.25, 0.3) is 6.43 Å². The van der Waals surface area contributed by atoms with Gasteiger partial charge < -0.3 is 19.9 Å². The molecule has 218 valence electrons. The molecule has 2 N–H and O–H groups in total. The average Bonchev–Trinajstić information content (AvgIpc) is 3.60. The Morgan fingerprint density at radius 1 is 1.14 bits per heavy atom. The summed E-state index contributed by atoms with van der Waals surface area (Å²) >= 11 is 0. The van der Waals surface area contributed by atoms with E-state index in [1.54, 1.807) is 41.3 Å². The van der Waals surface area contributed by atoms with Crippen molar-refractivity contribution in [2.45, 2.75) is 37.8 Å². The van der Waals surface area contributed by atoms with Crippen LogP contribution in [0.1, 0.15) is 37.4 Å². The van der Waals surface area contributed by atoms with Gasteiger partial charge in [-0.05, 0) is 56.1 Å². The molecule has 2 fully saturated rings. The van der Waals surface area contributed by atoms with Crippen molar-refractivity contribution < 1.29 is 22.7 Å². The number of rotatable bonds is 9. The molecule has 1 amide bonds. The van der Waals surface area contributed by atoms with Crippen LogP contribution < -0.4 is 10.5 Å². The van der Waals surface area contributed by atoms with Gasteiger partial charge in [0.15, 0.2) is 0 Å². The number of carbonyl (C=O) groups excluding carboxylic acids is 1. The molecule has 1 saturated carbocycles. The second-order valence-corrected chi connectivity index (χ2v) is 10.8. The molecule has 4 aromatic rings. The predicted octanol–water partition coefficient (Wildman–Crippen LogP) is 5.97. The number of nitrogens with two attached hydrogens (primary N) is 1. The van der Waals surface area contributed by atoms with E-state index in [0.29, 0.717) is 53.6 Å². The number of likely N-dealkylation sites (N-methyl/N-ethyl adjacent to an activating group) is 1. The highest BCUT2D eigenvalue weighted by Gasteiger charge is 2.35. The van der Waals surface area contributed by atoms with Crippen LogP contribution >= 0.6 is 0 Å². The summed E-state index contributed by atoms with van der Waals surface area (Å²) in [6.45, 7) is 1.41. The smallest absolute Gasteiger partial charge is 0.279 e. The lowest BCUT2D eigenvalue weighted by Gasteiger charge is -2.19. The zero-order chi connectivity index (χ0) is 29.4. The molecule has 2 aromatic carbocycles. The lowest BCUT2D eigenvalue weighted by molar-refractivity contribution is -0.125. The van der Waals surface area contributed by atoms with E-state index in [2.05, 4.69) is 14.9 Å². The zero-order valence-corrected chi connectivity index (χ0v) is 23.1. The molecule has 1 saturated heterocycles. The minimum Gasteiger partial charge on any atom is -0.457 e. The molecule has 42 heavy (non-hydrogen) atoms. The molecule has 1 atom stereocenters. The minimum atomic E-state index is -2.85. The van der Waals surface area contributed by atoms with Gasteiger partial charge in [-0.2, -0.15) is 0 Å². The Kier molecular flexibility index (Phi) is 7.59. The van der Waals surface area contributed by atoms with Crippen LogP contribution in [0.25, 0.3) is 22.2 Å². The number of nitrogens with zero attached hydrogens (tertiary/aromatic N) is 5. The highest BCUT2D eigenvalue weighted by atomic mass is 19.3. The SMILES string of the molecule is CN(C/C=C/C(=O)N1CC[C@@H](n2c(C(F)F)c(-c3ccc(Oc4cccc(F)c4)cc3)c3c(N)ncnc32)C1)C1CC1. The van der Waals surface area contributed by atoms with Crippen molar-refractivity contribution in [3.05, 3.63) is 78.5 Å². The van der Waals surface area contributed by atoms with E-state index in [4.69, 9.17) is 10.5 Å². The Labute approximate surface area is 241 Å². The van der Waals surface area contributed by atoms with Crippen LogP contribution in [0.2, 0.25) is 0 Å². The van der Waals surface area contributed by atoms with Gasteiger partial charge in [-0.3, -0.25) is 9.69 Å². The van der Waals surface area contributed by atoms with Gasteiger partial charge in [-0.15, -0.1) is 0 Å². The number of amides is 1. The molecular weight excluding hydrogens is 545 g/mol. The van der Waals surface area contributed by atoms with Crippen molar-refractivity contribution in [1.29, 1.82) is 0 Å². The number of fused-ring (bicyclic) bond motifs is 1. The first-order chi connectivity index (χ1) is 20.3. The molecule has 8 nitrogen and oxygen atoms in total. The quantitative estimate of drug-likeness (QED) is 0.247. The number of hydrogen-bond acceptors (Lipinski definition) is 6. The molecule has 0 spiro atoms. The number of carbonyl (C=O) groups is 1. The number of alkyl halides is 2. The van der Waals surface area contributed by atoms with Crippen molar-refractivity contribution in [3.63, 3.8) is 0 Å². The molecule has 2 aromatic heterocycles. The van der Waals surface area contributed by atoms with Crippen molar-refractivity contribution >= 4 is 22.8 Å². The fraction of sp³-hybridized carbons (Fsp3) is 0.323. The number of aromatic nitrogens is 3. The van der Waals surface area contributed by atoms with E-state index >= 15 is 0 Å². The largest absolute Gasteiger partial charge is 0.457 e. The highest BCUT2D eigenvalue weighted by molar-refractivity contribution is 6.02. The monoisotopic (exact) mass is 576 g/mol. The van der Waals surface area contributed by atoms with Crippen LogP contribution in [0.15, 0.2) is 67.0 Å². The Balaban J connectivity index is 1.30. The van der Waals surface area contributed by atoms with E-state index in [1.165, 1.54) is 41.9 Å². The van der Waals surface area contributed by atoms with Gasteiger partial charge in [-0.25, -0.2) is 23.1 Å². The maximum absolute atomic E-state index is 14.9. The van der Waals surface area contributed by atoms with E-state index in [-0.39, 0.29) is 29.5 Å². The van der Waals surface area contributed by atoms with Crippen molar-refractivity contribution in [3.8, 4) is 22.6 Å². The topological polar surface area (TPSA) is 89.5 Å². The van der Waals surface area contributed by atoms with Gasteiger partial charge in [0.2, 0.25) is 5.91 Å². The number of ether oxygens (including phenoxy) is 1. The van der Waals surface area contributed by atoms with Crippen LogP contribution in [0.5, 0.6) is 11.5 Å². The molecule has 11 heteroatoms. The maximum Gasteiger partial charge on any atom is 0.279 e. The average molecular weight is 577 g/mol. The molecule has 1 aliphatic carbocycles. The minimum absolute atomic E-state index is 0.0874. The van der Waals surface area contributed by atoms with Gasteiger partial charge in [0.05, 0.1) is 17.1 Å². The summed E-state index contributed by atoms with van der Waals surface area (Å²) in [6, 6.07) is 12.5. The van der Waals surface area contributed by atoms with Gasteiger partial charge in [0, 0.05) is 43.4 Å². The second-order valence-electron chi connectivity index (χ2n) is 10.8. The third-order valence-electron chi connectivity index (χ3n) is 7.90. The molecular formula is C31H31F3N6O2. The Morgan fingerprint density at radius 2 is 1.93 bits per heavy atom. The Bertz CT molecular complexity index is 1630. The van der Waals surface area contributed by atoms with E-state index < -0.39 is 18.3 Å². The molecule has 0 radical (unpaired) electrons.